The molecule has 1 aromatic heterocycles. The van der Waals surface area contributed by atoms with Crippen LogP contribution in [0.3, 0.4) is 0 Å². The van der Waals surface area contributed by atoms with E-state index in [-0.39, 0.29) is 28.1 Å². The molecule has 5 rings (SSSR count). The first-order valence-electron chi connectivity index (χ1n) is 10.0. The van der Waals surface area contributed by atoms with Crippen molar-refractivity contribution in [2.24, 2.45) is 0 Å². The molecule has 2 aromatic carbocycles. The number of aryl methyl sites for hydroxylation is 1. The molecule has 2 aliphatic heterocycles. The normalized spacial score (nSPS) is 21.7. The Bertz CT molecular complexity index is 1300. The van der Waals surface area contributed by atoms with Gasteiger partial charge in [-0.05, 0) is 43.7 Å². The van der Waals surface area contributed by atoms with Gasteiger partial charge in [-0.25, -0.2) is 4.39 Å². The Balaban J connectivity index is 1.71. The second-order valence-electron chi connectivity index (χ2n) is 7.75. The number of benzene rings is 2. The molecule has 9 heteroatoms. The Morgan fingerprint density at radius 2 is 2.00 bits per heavy atom. The van der Waals surface area contributed by atoms with Crippen LogP contribution < -0.4 is 9.64 Å². The molecule has 162 valence electrons. The van der Waals surface area contributed by atoms with Crippen molar-refractivity contribution in [1.29, 1.82) is 0 Å². The number of ketones is 1. The number of rotatable bonds is 3. The van der Waals surface area contributed by atoms with E-state index in [0.717, 1.165) is 21.8 Å². The minimum absolute atomic E-state index is 0.00651. The summed E-state index contributed by atoms with van der Waals surface area (Å²) in [7, 11) is 0. The van der Waals surface area contributed by atoms with Crippen LogP contribution in [0.4, 0.5) is 9.52 Å². The number of aliphatic hydroxyl groups is 1. The predicted molar refractivity (Wildman–Crippen MR) is 116 cm³/mol. The van der Waals surface area contributed by atoms with Crippen LogP contribution in [0, 0.1) is 12.7 Å². The molecule has 1 amide bonds. The molecule has 0 saturated carbocycles. The molecular weight excluding hydrogens is 433 g/mol. The van der Waals surface area contributed by atoms with Gasteiger partial charge in [0.15, 0.2) is 0 Å². The number of nitrogens with zero attached hydrogens (tertiary/aromatic N) is 3. The van der Waals surface area contributed by atoms with Gasteiger partial charge in [-0.15, -0.1) is 10.2 Å². The number of aromatic nitrogens is 2. The largest absolute Gasteiger partial charge is 0.507 e. The van der Waals surface area contributed by atoms with Gasteiger partial charge in [0, 0.05) is 17.5 Å². The Morgan fingerprint density at radius 3 is 2.72 bits per heavy atom. The monoisotopic (exact) mass is 451 g/mol. The molecule has 7 nitrogen and oxygen atoms in total. The smallest absolute Gasteiger partial charge is 0.301 e. The minimum Gasteiger partial charge on any atom is -0.507 e. The molecule has 1 N–H and O–H groups in total. The van der Waals surface area contributed by atoms with Gasteiger partial charge in [-0.2, -0.15) is 0 Å². The Labute approximate surface area is 186 Å². The van der Waals surface area contributed by atoms with Gasteiger partial charge in [-0.1, -0.05) is 29.5 Å². The SMILES string of the molecule is Cc1nnc(N2C(=O)C(=O)/C(=C(/O)c3ccc4c(c3)C[C@H](C)O4)[C@@H]2c2ccccc2F)s1. The molecule has 1 saturated heterocycles. The molecule has 0 bridgehead atoms. The van der Waals surface area contributed by atoms with E-state index < -0.39 is 23.5 Å². The van der Waals surface area contributed by atoms with Crippen LogP contribution in [0.1, 0.15) is 34.7 Å². The van der Waals surface area contributed by atoms with Crippen LogP contribution in [0.25, 0.3) is 5.76 Å². The number of carbonyl (C=O) groups excluding carboxylic acids is 2. The van der Waals surface area contributed by atoms with Gasteiger partial charge in [0.05, 0.1) is 5.57 Å². The maximum Gasteiger partial charge on any atom is 0.301 e. The first-order valence-corrected chi connectivity index (χ1v) is 10.8. The average molecular weight is 451 g/mol. The van der Waals surface area contributed by atoms with Crippen molar-refractivity contribution in [2.75, 3.05) is 4.90 Å². The lowest BCUT2D eigenvalue weighted by molar-refractivity contribution is -0.132. The number of hydrogen-bond donors (Lipinski definition) is 1. The lowest BCUT2D eigenvalue weighted by Gasteiger charge is -2.22. The molecule has 3 heterocycles. The van der Waals surface area contributed by atoms with Gasteiger partial charge in [0.25, 0.3) is 5.78 Å². The fraction of sp³-hybridized carbons (Fsp3) is 0.217. The molecular formula is C23H18FN3O4S. The quantitative estimate of drug-likeness (QED) is 0.368. The fourth-order valence-corrected chi connectivity index (χ4v) is 4.84. The molecule has 3 aromatic rings. The summed E-state index contributed by atoms with van der Waals surface area (Å²) in [4.78, 5) is 27.2. The van der Waals surface area contributed by atoms with E-state index in [1.54, 1.807) is 31.2 Å². The van der Waals surface area contributed by atoms with Crippen molar-refractivity contribution in [3.05, 3.63) is 75.6 Å². The number of Topliss-reactive ketones (excluding diaryl/α,β-unsaturated/α-hetero) is 1. The number of fused-ring (bicyclic) bond motifs is 1. The van der Waals surface area contributed by atoms with Crippen molar-refractivity contribution >= 4 is 33.9 Å². The zero-order valence-corrected chi connectivity index (χ0v) is 18.0. The molecule has 0 unspecified atom stereocenters. The minimum atomic E-state index is -1.17. The lowest BCUT2D eigenvalue weighted by atomic mass is 9.94. The molecule has 0 aliphatic carbocycles. The summed E-state index contributed by atoms with van der Waals surface area (Å²) >= 11 is 1.11. The predicted octanol–water partition coefficient (Wildman–Crippen LogP) is 3.94. The van der Waals surface area contributed by atoms with Crippen molar-refractivity contribution in [3.63, 3.8) is 0 Å². The third-order valence-corrected chi connectivity index (χ3v) is 6.37. The van der Waals surface area contributed by atoms with Crippen LogP contribution in [-0.4, -0.2) is 33.1 Å². The van der Waals surface area contributed by atoms with E-state index in [4.69, 9.17) is 4.74 Å². The molecule has 2 aliphatic rings. The first-order chi connectivity index (χ1) is 15.3. The molecule has 0 spiro atoms. The van der Waals surface area contributed by atoms with Gasteiger partial charge in [0.1, 0.15) is 34.5 Å². The third kappa shape index (κ3) is 3.16. The highest BCUT2D eigenvalue weighted by Crippen LogP contribution is 2.44. The third-order valence-electron chi connectivity index (χ3n) is 5.54. The van der Waals surface area contributed by atoms with Gasteiger partial charge >= 0.3 is 5.91 Å². The summed E-state index contributed by atoms with van der Waals surface area (Å²) in [5, 5.41) is 19.8. The van der Waals surface area contributed by atoms with E-state index in [1.807, 2.05) is 6.92 Å². The Kier molecular flexibility index (Phi) is 4.78. The summed E-state index contributed by atoms with van der Waals surface area (Å²) < 4.78 is 20.5. The van der Waals surface area contributed by atoms with E-state index >= 15 is 0 Å². The van der Waals surface area contributed by atoms with E-state index in [1.165, 1.54) is 18.2 Å². The molecule has 1 fully saturated rings. The highest BCUT2D eigenvalue weighted by atomic mass is 32.1. The number of carbonyl (C=O) groups is 2. The van der Waals surface area contributed by atoms with Gasteiger partial charge in [0.2, 0.25) is 5.13 Å². The average Bonchev–Trinajstić information content (AvgIpc) is 3.43. The maximum absolute atomic E-state index is 14.8. The van der Waals surface area contributed by atoms with Gasteiger partial charge in [-0.3, -0.25) is 14.5 Å². The number of halogens is 1. The van der Waals surface area contributed by atoms with Crippen molar-refractivity contribution in [3.8, 4) is 5.75 Å². The number of aliphatic hydroxyl groups excluding tert-OH is 1. The summed E-state index contributed by atoms with van der Waals surface area (Å²) in [6.07, 6.45) is 0.665. The highest BCUT2D eigenvalue weighted by Gasteiger charge is 2.49. The Morgan fingerprint density at radius 1 is 1.22 bits per heavy atom. The molecule has 2 atom stereocenters. The van der Waals surface area contributed by atoms with Crippen LogP contribution in [0.15, 0.2) is 48.0 Å². The second kappa shape index (κ2) is 7.52. The highest BCUT2D eigenvalue weighted by molar-refractivity contribution is 7.15. The fourth-order valence-electron chi connectivity index (χ4n) is 4.13. The Hall–Kier alpha value is -3.59. The zero-order chi connectivity index (χ0) is 22.6. The lowest BCUT2D eigenvalue weighted by Crippen LogP contribution is -2.29. The van der Waals surface area contributed by atoms with Crippen LogP contribution in [-0.2, 0) is 16.0 Å². The number of amides is 1. The standard InChI is InChI=1S/C23H18FN3O4S/c1-11-9-14-10-13(7-8-17(14)31-11)20(28)18-19(15-5-3-4-6-16(15)24)27(22(30)21(18)29)23-26-25-12(2)32-23/h3-8,10-11,19,28H,9H2,1-2H3/b20-18+/t11-,19-/m0/s1. The van der Waals surface area contributed by atoms with E-state index in [2.05, 4.69) is 10.2 Å². The summed E-state index contributed by atoms with van der Waals surface area (Å²) in [6, 6.07) is 9.75. The van der Waals surface area contributed by atoms with Crippen LogP contribution in [0.2, 0.25) is 0 Å². The maximum atomic E-state index is 14.8. The number of ether oxygens (including phenoxy) is 1. The van der Waals surface area contributed by atoms with Gasteiger partial charge < -0.3 is 9.84 Å². The topological polar surface area (TPSA) is 92.6 Å². The van der Waals surface area contributed by atoms with E-state index in [0.29, 0.717) is 22.7 Å². The van der Waals surface area contributed by atoms with Crippen molar-refractivity contribution in [2.45, 2.75) is 32.4 Å². The van der Waals surface area contributed by atoms with Crippen molar-refractivity contribution in [1.82, 2.24) is 10.2 Å². The number of hydrogen-bond acceptors (Lipinski definition) is 7. The summed E-state index contributed by atoms with van der Waals surface area (Å²) in [5.41, 5.74) is 1.13. The second-order valence-corrected chi connectivity index (χ2v) is 8.91. The first kappa shape index (κ1) is 20.3. The van der Waals surface area contributed by atoms with Crippen molar-refractivity contribution < 1.29 is 23.8 Å². The van der Waals surface area contributed by atoms with Crippen LogP contribution >= 0.6 is 11.3 Å². The number of anilines is 1. The van der Waals surface area contributed by atoms with Crippen LogP contribution in [0.5, 0.6) is 5.75 Å². The zero-order valence-electron chi connectivity index (χ0n) is 17.2. The molecule has 0 radical (unpaired) electrons. The summed E-state index contributed by atoms with van der Waals surface area (Å²) in [5.74, 6) is -2.07. The summed E-state index contributed by atoms with van der Waals surface area (Å²) in [6.45, 7) is 3.65. The van der Waals surface area contributed by atoms with E-state index in [9.17, 15) is 19.1 Å². The molecule has 32 heavy (non-hydrogen) atoms.